The van der Waals surface area contributed by atoms with E-state index in [9.17, 15) is 17.2 Å². The summed E-state index contributed by atoms with van der Waals surface area (Å²) in [5.74, 6) is -1.57. The van der Waals surface area contributed by atoms with Crippen molar-refractivity contribution in [2.75, 3.05) is 19.6 Å². The number of hydrogen-bond acceptors (Lipinski definition) is 3. The molecule has 0 saturated carbocycles. The lowest BCUT2D eigenvalue weighted by atomic mass is 9.93. The second-order valence-electron chi connectivity index (χ2n) is 5.71. The van der Waals surface area contributed by atoms with Crippen molar-refractivity contribution >= 4 is 10.0 Å². The minimum Gasteiger partial charge on any atom is -0.316 e. The van der Waals surface area contributed by atoms with Crippen LogP contribution in [0.2, 0.25) is 0 Å². The van der Waals surface area contributed by atoms with Gasteiger partial charge in [0.15, 0.2) is 11.6 Å². The van der Waals surface area contributed by atoms with Crippen molar-refractivity contribution in [3.63, 3.8) is 0 Å². The van der Waals surface area contributed by atoms with Gasteiger partial charge in [-0.3, -0.25) is 0 Å². The molecule has 2 saturated heterocycles. The summed E-state index contributed by atoms with van der Waals surface area (Å²) in [5, 5.41) is 3.29. The number of sulfonamides is 1. The summed E-state index contributed by atoms with van der Waals surface area (Å²) in [6, 6.07) is 2.68. The van der Waals surface area contributed by atoms with E-state index in [-0.39, 0.29) is 10.9 Å². The molecule has 0 bridgehead atoms. The van der Waals surface area contributed by atoms with E-state index in [4.69, 9.17) is 0 Å². The van der Waals surface area contributed by atoms with Crippen LogP contribution in [-0.2, 0) is 10.0 Å². The standard InChI is InChI=1S/C14H18F2N2O2S/c1-2-14-11-7-17-6-9(11)8-18(14)21(19,20)10-3-4-12(15)13(16)5-10/h3-5,9,11,14,17H,2,6-8H2,1H3. The third-order valence-electron chi connectivity index (χ3n) is 4.59. The van der Waals surface area contributed by atoms with Crippen LogP contribution in [0.5, 0.6) is 0 Å². The molecule has 1 aromatic rings. The fourth-order valence-electron chi connectivity index (χ4n) is 3.54. The van der Waals surface area contributed by atoms with Gasteiger partial charge in [0, 0.05) is 12.6 Å². The lowest BCUT2D eigenvalue weighted by Crippen LogP contribution is -2.39. The van der Waals surface area contributed by atoms with Gasteiger partial charge in [0.25, 0.3) is 0 Å². The van der Waals surface area contributed by atoms with Crippen molar-refractivity contribution < 1.29 is 17.2 Å². The minimum atomic E-state index is -3.78. The average Bonchev–Trinajstić information content (AvgIpc) is 3.01. The molecular formula is C14H18F2N2O2S. The van der Waals surface area contributed by atoms with Crippen LogP contribution in [0.15, 0.2) is 23.1 Å². The number of fused-ring (bicyclic) bond motifs is 1. The number of benzene rings is 1. The Morgan fingerprint density at radius 1 is 1.29 bits per heavy atom. The lowest BCUT2D eigenvalue weighted by molar-refractivity contribution is 0.328. The molecule has 0 amide bonds. The van der Waals surface area contributed by atoms with E-state index >= 15 is 0 Å². The normalized spacial score (nSPS) is 29.8. The number of hydrogen-bond donors (Lipinski definition) is 1. The minimum absolute atomic E-state index is 0.0804. The molecule has 4 nitrogen and oxygen atoms in total. The maximum Gasteiger partial charge on any atom is 0.243 e. The first-order valence-electron chi connectivity index (χ1n) is 7.12. The number of halogens is 2. The smallest absolute Gasteiger partial charge is 0.243 e. The summed E-state index contributed by atoms with van der Waals surface area (Å²) in [6.45, 7) is 4.02. The highest BCUT2D eigenvalue weighted by atomic mass is 32.2. The molecule has 2 aliphatic rings. The molecule has 7 heteroatoms. The highest BCUT2D eigenvalue weighted by Gasteiger charge is 2.48. The third kappa shape index (κ3) is 2.37. The van der Waals surface area contributed by atoms with E-state index < -0.39 is 21.7 Å². The largest absolute Gasteiger partial charge is 0.316 e. The van der Waals surface area contributed by atoms with Crippen LogP contribution in [-0.4, -0.2) is 38.4 Å². The first-order chi connectivity index (χ1) is 9.95. The van der Waals surface area contributed by atoms with Crippen LogP contribution in [0.3, 0.4) is 0 Å². The van der Waals surface area contributed by atoms with E-state index in [1.807, 2.05) is 6.92 Å². The summed E-state index contributed by atoms with van der Waals surface area (Å²) >= 11 is 0. The van der Waals surface area contributed by atoms with Gasteiger partial charge in [0.05, 0.1) is 4.90 Å². The zero-order valence-corrected chi connectivity index (χ0v) is 12.5. The number of nitrogens with zero attached hydrogens (tertiary/aromatic N) is 1. The summed E-state index contributed by atoms with van der Waals surface area (Å²) in [5.41, 5.74) is 0. The fourth-order valence-corrected chi connectivity index (χ4v) is 5.35. The fraction of sp³-hybridized carbons (Fsp3) is 0.571. The zero-order valence-electron chi connectivity index (χ0n) is 11.7. The predicted molar refractivity (Wildman–Crippen MR) is 74.2 cm³/mol. The van der Waals surface area contributed by atoms with Crippen LogP contribution < -0.4 is 5.32 Å². The summed E-state index contributed by atoms with van der Waals surface area (Å²) in [7, 11) is -3.78. The van der Waals surface area contributed by atoms with Crippen LogP contribution in [0.1, 0.15) is 13.3 Å². The molecule has 3 unspecified atom stereocenters. The summed E-state index contributed by atoms with van der Waals surface area (Å²) < 4.78 is 53.2. The molecule has 21 heavy (non-hydrogen) atoms. The topological polar surface area (TPSA) is 49.4 Å². The molecule has 3 rings (SSSR count). The van der Waals surface area contributed by atoms with Gasteiger partial charge >= 0.3 is 0 Å². The third-order valence-corrected chi connectivity index (χ3v) is 6.47. The molecule has 0 spiro atoms. The average molecular weight is 316 g/mol. The van der Waals surface area contributed by atoms with E-state index in [0.29, 0.717) is 24.8 Å². The molecular weight excluding hydrogens is 298 g/mol. The van der Waals surface area contributed by atoms with Crippen molar-refractivity contribution in [1.82, 2.24) is 9.62 Å². The summed E-state index contributed by atoms with van der Waals surface area (Å²) in [6.07, 6.45) is 0.714. The van der Waals surface area contributed by atoms with Crippen molar-refractivity contribution in [3.8, 4) is 0 Å². The van der Waals surface area contributed by atoms with Gasteiger partial charge in [-0.1, -0.05) is 6.92 Å². The SMILES string of the molecule is CCC1C2CNCC2CN1S(=O)(=O)c1ccc(F)c(F)c1. The Morgan fingerprint density at radius 3 is 2.71 bits per heavy atom. The Morgan fingerprint density at radius 2 is 2.05 bits per heavy atom. The van der Waals surface area contributed by atoms with Crippen molar-refractivity contribution in [1.29, 1.82) is 0 Å². The van der Waals surface area contributed by atoms with Crippen molar-refractivity contribution in [2.24, 2.45) is 11.8 Å². The van der Waals surface area contributed by atoms with E-state index in [2.05, 4.69) is 5.32 Å². The molecule has 2 aliphatic heterocycles. The quantitative estimate of drug-likeness (QED) is 0.921. The second kappa shape index (κ2) is 5.30. The molecule has 3 atom stereocenters. The molecule has 2 fully saturated rings. The number of nitrogens with one attached hydrogen (secondary N) is 1. The Hall–Kier alpha value is -1.05. The summed E-state index contributed by atoms with van der Waals surface area (Å²) in [4.78, 5) is -0.173. The Kier molecular flexibility index (Phi) is 3.75. The highest BCUT2D eigenvalue weighted by molar-refractivity contribution is 7.89. The molecule has 116 valence electrons. The van der Waals surface area contributed by atoms with E-state index in [1.165, 1.54) is 4.31 Å². The highest BCUT2D eigenvalue weighted by Crippen LogP contribution is 2.37. The Balaban J connectivity index is 1.96. The molecule has 0 aromatic heterocycles. The monoisotopic (exact) mass is 316 g/mol. The number of rotatable bonds is 3. The van der Waals surface area contributed by atoms with E-state index in [0.717, 1.165) is 31.3 Å². The molecule has 2 heterocycles. The van der Waals surface area contributed by atoms with E-state index in [1.54, 1.807) is 0 Å². The molecule has 1 aromatic carbocycles. The Labute approximate surface area is 123 Å². The van der Waals surface area contributed by atoms with Crippen LogP contribution in [0.4, 0.5) is 8.78 Å². The molecule has 0 radical (unpaired) electrons. The second-order valence-corrected chi connectivity index (χ2v) is 7.60. The van der Waals surface area contributed by atoms with Gasteiger partial charge in [-0.05, 0) is 49.5 Å². The van der Waals surface area contributed by atoms with Crippen LogP contribution >= 0.6 is 0 Å². The van der Waals surface area contributed by atoms with Gasteiger partial charge in [0.2, 0.25) is 10.0 Å². The van der Waals surface area contributed by atoms with Crippen LogP contribution in [0.25, 0.3) is 0 Å². The van der Waals surface area contributed by atoms with Crippen LogP contribution in [0, 0.1) is 23.5 Å². The first kappa shape index (κ1) is 14.9. The zero-order chi connectivity index (χ0) is 15.2. The maximum atomic E-state index is 13.3. The lowest BCUT2D eigenvalue weighted by Gasteiger charge is -2.26. The van der Waals surface area contributed by atoms with Crippen molar-refractivity contribution in [3.05, 3.63) is 29.8 Å². The van der Waals surface area contributed by atoms with Crippen molar-refractivity contribution in [2.45, 2.75) is 24.3 Å². The van der Waals surface area contributed by atoms with Gasteiger partial charge < -0.3 is 5.32 Å². The van der Waals surface area contributed by atoms with Gasteiger partial charge in [-0.15, -0.1) is 0 Å². The molecule has 1 N–H and O–H groups in total. The molecule has 0 aliphatic carbocycles. The van der Waals surface area contributed by atoms with Gasteiger partial charge in [-0.25, -0.2) is 17.2 Å². The van der Waals surface area contributed by atoms with Gasteiger partial charge in [-0.2, -0.15) is 4.31 Å². The first-order valence-corrected chi connectivity index (χ1v) is 8.56. The predicted octanol–water partition coefficient (Wildman–Crippen LogP) is 1.58. The Bertz CT molecular complexity index is 650. The van der Waals surface area contributed by atoms with Gasteiger partial charge in [0.1, 0.15) is 0 Å². The maximum absolute atomic E-state index is 13.3.